The molecule has 1 atom stereocenters. The molecule has 0 radical (unpaired) electrons. The lowest BCUT2D eigenvalue weighted by Crippen LogP contribution is -2.44. The molecule has 0 bridgehead atoms. The van der Waals surface area contributed by atoms with Crippen molar-refractivity contribution in [3.8, 4) is 0 Å². The average Bonchev–Trinajstić information content (AvgIpc) is 2.88. The Morgan fingerprint density at radius 2 is 2.30 bits per heavy atom. The lowest BCUT2D eigenvalue weighted by Gasteiger charge is -2.32. The van der Waals surface area contributed by atoms with Gasteiger partial charge >= 0.3 is 5.97 Å². The molecule has 1 saturated heterocycles. The van der Waals surface area contributed by atoms with E-state index < -0.39 is 16.0 Å². The summed E-state index contributed by atoms with van der Waals surface area (Å²) >= 11 is 0.917. The van der Waals surface area contributed by atoms with Crippen LogP contribution in [-0.2, 0) is 10.0 Å². The first-order valence-electron chi connectivity index (χ1n) is 6.42. The van der Waals surface area contributed by atoms with Crippen LogP contribution in [0.3, 0.4) is 0 Å². The van der Waals surface area contributed by atoms with Gasteiger partial charge in [0.15, 0.2) is 0 Å². The van der Waals surface area contributed by atoms with E-state index in [1.165, 1.54) is 11.4 Å². The van der Waals surface area contributed by atoms with Crippen LogP contribution in [0.1, 0.15) is 28.9 Å². The molecule has 0 aliphatic carbocycles. The minimum atomic E-state index is -3.63. The van der Waals surface area contributed by atoms with E-state index in [-0.39, 0.29) is 15.8 Å². The number of rotatable bonds is 5. The highest BCUT2D eigenvalue weighted by atomic mass is 32.2. The first kappa shape index (κ1) is 15.4. The maximum atomic E-state index is 12.1. The minimum Gasteiger partial charge on any atom is -0.477 e. The Morgan fingerprint density at radius 1 is 1.55 bits per heavy atom. The second kappa shape index (κ2) is 6.21. The minimum absolute atomic E-state index is 0.0263. The molecule has 2 rings (SSSR count). The fraction of sp³-hybridized carbons (Fsp3) is 0.583. The molecule has 2 heterocycles. The van der Waals surface area contributed by atoms with Gasteiger partial charge in [-0.2, -0.15) is 0 Å². The lowest BCUT2D eigenvalue weighted by atomic mass is 10.0. The Kier molecular flexibility index (Phi) is 4.79. The molecule has 1 aliphatic heterocycles. The average molecular weight is 318 g/mol. The van der Waals surface area contributed by atoms with Crippen molar-refractivity contribution in [1.82, 2.24) is 9.62 Å². The number of nitrogens with zero attached hydrogens (tertiary/aromatic N) is 1. The summed E-state index contributed by atoms with van der Waals surface area (Å²) in [6.45, 7) is 1.34. The zero-order valence-corrected chi connectivity index (χ0v) is 12.8. The lowest BCUT2D eigenvalue weighted by molar-refractivity contribution is 0.0702. The van der Waals surface area contributed by atoms with Crippen LogP contribution >= 0.6 is 11.3 Å². The van der Waals surface area contributed by atoms with Gasteiger partial charge in [-0.3, -0.25) is 0 Å². The molecule has 2 N–H and O–H groups in total. The molecular weight excluding hydrogens is 300 g/mol. The Bertz CT molecular complexity index is 582. The Labute approximate surface area is 122 Å². The Hall–Kier alpha value is -0.960. The first-order chi connectivity index (χ1) is 9.40. The molecular formula is C12H18N2O4S2. The van der Waals surface area contributed by atoms with Gasteiger partial charge in [-0.1, -0.05) is 6.42 Å². The number of sulfonamides is 1. The van der Waals surface area contributed by atoms with Crippen LogP contribution in [0.25, 0.3) is 0 Å². The van der Waals surface area contributed by atoms with Crippen molar-refractivity contribution in [3.63, 3.8) is 0 Å². The largest absolute Gasteiger partial charge is 0.477 e. The van der Waals surface area contributed by atoms with Gasteiger partial charge in [-0.15, -0.1) is 11.3 Å². The molecule has 0 aromatic carbocycles. The third-order valence-corrected chi connectivity index (χ3v) is 6.00. The molecule has 1 fully saturated rings. The Morgan fingerprint density at radius 3 is 2.90 bits per heavy atom. The van der Waals surface area contributed by atoms with E-state index in [1.54, 1.807) is 0 Å². The molecule has 0 amide bonds. The summed E-state index contributed by atoms with van der Waals surface area (Å²) in [6.07, 6.45) is 3.23. The fourth-order valence-corrected chi connectivity index (χ4v) is 4.45. The van der Waals surface area contributed by atoms with Crippen LogP contribution in [0, 0.1) is 0 Å². The molecule has 20 heavy (non-hydrogen) atoms. The second-order valence-electron chi connectivity index (χ2n) is 4.93. The maximum Gasteiger partial charge on any atom is 0.345 e. The summed E-state index contributed by atoms with van der Waals surface area (Å²) in [5.74, 6) is -1.11. The number of nitrogens with one attached hydrogen (secondary N) is 1. The molecule has 0 spiro atoms. The number of carbonyl (C=O) groups is 1. The number of likely N-dealkylation sites (tertiary alicyclic amines) is 1. The highest BCUT2D eigenvalue weighted by Gasteiger charge is 2.23. The number of thiophene rings is 1. The van der Waals surface area contributed by atoms with Crippen molar-refractivity contribution in [1.29, 1.82) is 0 Å². The highest BCUT2D eigenvalue weighted by Crippen LogP contribution is 2.20. The zero-order chi connectivity index (χ0) is 14.8. The zero-order valence-electron chi connectivity index (χ0n) is 11.2. The summed E-state index contributed by atoms with van der Waals surface area (Å²) in [4.78, 5) is 13.0. The van der Waals surface area contributed by atoms with Crippen LogP contribution in [-0.4, -0.2) is 50.6 Å². The van der Waals surface area contributed by atoms with E-state index in [2.05, 4.69) is 9.62 Å². The Balaban J connectivity index is 2.01. The van der Waals surface area contributed by atoms with Crippen molar-refractivity contribution in [2.75, 3.05) is 20.1 Å². The molecule has 112 valence electrons. The molecule has 0 saturated carbocycles. The van der Waals surface area contributed by atoms with Gasteiger partial charge in [0, 0.05) is 18.0 Å². The first-order valence-corrected chi connectivity index (χ1v) is 8.78. The van der Waals surface area contributed by atoms with E-state index in [0.29, 0.717) is 6.54 Å². The van der Waals surface area contributed by atoms with E-state index in [1.807, 2.05) is 7.05 Å². The van der Waals surface area contributed by atoms with Crippen LogP contribution in [0.5, 0.6) is 0 Å². The number of likely N-dealkylation sites (N-methyl/N-ethyl adjacent to an activating group) is 1. The van der Waals surface area contributed by atoms with Crippen LogP contribution < -0.4 is 4.72 Å². The third-order valence-electron chi connectivity index (χ3n) is 3.53. The molecule has 1 aromatic heterocycles. The summed E-state index contributed by atoms with van der Waals surface area (Å²) in [5.41, 5.74) is 0. The van der Waals surface area contributed by atoms with Gasteiger partial charge in [0.2, 0.25) is 10.0 Å². The quantitative estimate of drug-likeness (QED) is 0.852. The van der Waals surface area contributed by atoms with Crippen LogP contribution in [0.2, 0.25) is 0 Å². The highest BCUT2D eigenvalue weighted by molar-refractivity contribution is 7.89. The summed E-state index contributed by atoms with van der Waals surface area (Å²) in [6, 6.07) is 1.40. The van der Waals surface area contributed by atoms with E-state index >= 15 is 0 Å². The number of piperidine rings is 1. The summed E-state index contributed by atoms with van der Waals surface area (Å²) in [5, 5.41) is 10.2. The number of hydrogen-bond donors (Lipinski definition) is 2. The predicted octanol–water partition coefficient (Wildman–Crippen LogP) is 1.21. The van der Waals surface area contributed by atoms with Crippen molar-refractivity contribution in [2.45, 2.75) is 30.2 Å². The molecule has 8 heteroatoms. The fourth-order valence-electron chi connectivity index (χ4n) is 2.26. The van der Waals surface area contributed by atoms with Gasteiger partial charge in [0.1, 0.15) is 4.88 Å². The normalized spacial score (nSPS) is 20.9. The number of carboxylic acid groups (broad SMARTS) is 1. The maximum absolute atomic E-state index is 12.1. The molecule has 1 aromatic rings. The van der Waals surface area contributed by atoms with Gasteiger partial charge < -0.3 is 10.0 Å². The van der Waals surface area contributed by atoms with Crippen molar-refractivity contribution in [3.05, 3.63) is 16.3 Å². The monoisotopic (exact) mass is 318 g/mol. The summed E-state index contributed by atoms with van der Waals surface area (Å²) in [7, 11) is -1.63. The smallest absolute Gasteiger partial charge is 0.345 e. The van der Waals surface area contributed by atoms with E-state index in [9.17, 15) is 13.2 Å². The molecule has 6 nitrogen and oxygen atoms in total. The van der Waals surface area contributed by atoms with Crippen LogP contribution in [0.4, 0.5) is 0 Å². The van der Waals surface area contributed by atoms with Gasteiger partial charge in [-0.05, 0) is 32.5 Å². The molecule has 1 unspecified atom stereocenters. The second-order valence-corrected chi connectivity index (χ2v) is 7.61. The van der Waals surface area contributed by atoms with Crippen LogP contribution in [0.15, 0.2) is 16.3 Å². The molecule has 1 aliphatic rings. The van der Waals surface area contributed by atoms with Gasteiger partial charge in [-0.25, -0.2) is 17.9 Å². The predicted molar refractivity (Wildman–Crippen MR) is 76.7 cm³/mol. The standard InChI is InChI=1S/C12H18N2O4S2/c1-14-5-3-2-4-9(14)7-13-20(17,18)10-6-11(12(15)16)19-8-10/h6,8-9,13H,2-5,7H2,1H3,(H,15,16). The van der Waals surface area contributed by atoms with Gasteiger partial charge in [0.25, 0.3) is 0 Å². The number of carboxylic acids is 1. The summed E-state index contributed by atoms with van der Waals surface area (Å²) < 4.78 is 26.8. The van der Waals surface area contributed by atoms with E-state index in [0.717, 1.165) is 37.1 Å². The number of hydrogen-bond acceptors (Lipinski definition) is 5. The van der Waals surface area contributed by atoms with Crippen molar-refractivity contribution in [2.24, 2.45) is 0 Å². The van der Waals surface area contributed by atoms with E-state index in [4.69, 9.17) is 5.11 Å². The SMILES string of the molecule is CN1CCCCC1CNS(=O)(=O)c1csc(C(=O)O)c1. The topological polar surface area (TPSA) is 86.7 Å². The number of aromatic carboxylic acids is 1. The van der Waals surface area contributed by atoms with Gasteiger partial charge in [0.05, 0.1) is 4.90 Å². The van der Waals surface area contributed by atoms with Crippen molar-refractivity contribution >= 4 is 27.3 Å². The van der Waals surface area contributed by atoms with Crippen molar-refractivity contribution < 1.29 is 18.3 Å². The third kappa shape index (κ3) is 3.57.